The lowest BCUT2D eigenvalue weighted by atomic mass is 9.97. The summed E-state index contributed by atoms with van der Waals surface area (Å²) in [5.41, 5.74) is 1.89. The molecule has 9 heteroatoms. The highest BCUT2D eigenvalue weighted by Crippen LogP contribution is 2.35. The second-order valence-corrected chi connectivity index (χ2v) is 9.51. The maximum absolute atomic E-state index is 13.2. The molecule has 1 amide bonds. The second kappa shape index (κ2) is 10.3. The molecule has 0 bridgehead atoms. The van der Waals surface area contributed by atoms with Crippen molar-refractivity contribution >= 4 is 39.1 Å². The molecule has 1 N–H and O–H groups in total. The summed E-state index contributed by atoms with van der Waals surface area (Å²) in [6.07, 6.45) is 3.05. The molecule has 180 valence electrons. The maximum Gasteiger partial charge on any atom is 0.310 e. The van der Waals surface area contributed by atoms with Gasteiger partial charge in [0, 0.05) is 23.9 Å². The van der Waals surface area contributed by atoms with Gasteiger partial charge in [0.25, 0.3) is 5.91 Å². The lowest BCUT2D eigenvalue weighted by molar-refractivity contribution is -0.148. The van der Waals surface area contributed by atoms with Gasteiger partial charge in [0.05, 0.1) is 35.2 Å². The molecule has 0 saturated carbocycles. The number of anilines is 1. The maximum atomic E-state index is 13.2. The van der Waals surface area contributed by atoms with Crippen molar-refractivity contribution in [2.75, 3.05) is 24.6 Å². The average Bonchev–Trinajstić information content (AvgIpc) is 3.57. The van der Waals surface area contributed by atoms with Crippen LogP contribution in [0.25, 0.3) is 20.7 Å². The Morgan fingerprint density at radius 2 is 2.11 bits per heavy atom. The largest absolute Gasteiger partial charge is 0.466 e. The molecule has 5 rings (SSSR count). The average molecular weight is 491 g/mol. The zero-order valence-corrected chi connectivity index (χ0v) is 20.2. The van der Waals surface area contributed by atoms with Gasteiger partial charge in [0.2, 0.25) is 0 Å². The molecule has 1 aromatic carbocycles. The summed E-state index contributed by atoms with van der Waals surface area (Å²) in [5.74, 6) is -0.123. The van der Waals surface area contributed by atoms with Crippen LogP contribution in [0, 0.1) is 5.92 Å². The van der Waals surface area contributed by atoms with Crippen molar-refractivity contribution in [3.8, 4) is 10.6 Å². The van der Waals surface area contributed by atoms with Gasteiger partial charge < -0.3 is 19.5 Å². The van der Waals surface area contributed by atoms with Gasteiger partial charge in [-0.2, -0.15) is 0 Å². The molecule has 1 aliphatic heterocycles. The Kier molecular flexibility index (Phi) is 6.76. The van der Waals surface area contributed by atoms with E-state index in [0.717, 1.165) is 28.8 Å². The monoisotopic (exact) mass is 490 g/mol. The number of thiophene rings is 1. The predicted molar refractivity (Wildman–Crippen MR) is 134 cm³/mol. The normalized spacial score (nSPS) is 15.8. The minimum absolute atomic E-state index is 0.199. The van der Waals surface area contributed by atoms with E-state index in [0.29, 0.717) is 36.8 Å². The quantitative estimate of drug-likeness (QED) is 0.376. The third-order valence-corrected chi connectivity index (χ3v) is 7.20. The van der Waals surface area contributed by atoms with Crippen LogP contribution < -0.4 is 10.2 Å². The smallest absolute Gasteiger partial charge is 0.310 e. The number of rotatable bonds is 7. The van der Waals surface area contributed by atoms with Gasteiger partial charge >= 0.3 is 5.97 Å². The zero-order valence-electron chi connectivity index (χ0n) is 19.4. The Morgan fingerprint density at radius 1 is 1.23 bits per heavy atom. The van der Waals surface area contributed by atoms with Crippen molar-refractivity contribution < 1.29 is 18.8 Å². The number of nitrogens with zero attached hydrogens (tertiary/aromatic N) is 3. The first-order valence-electron chi connectivity index (χ1n) is 11.7. The Labute approximate surface area is 206 Å². The SMILES string of the molecule is CCOC(=O)[C@H]1CCCN(c2nc(-c3cc4ccccc4s3)ccc2C(=O)NCc2ccon2)C1. The summed E-state index contributed by atoms with van der Waals surface area (Å²) in [6, 6.07) is 15.7. The zero-order chi connectivity index (χ0) is 24.2. The molecule has 1 aliphatic rings. The third-order valence-electron chi connectivity index (χ3n) is 6.06. The summed E-state index contributed by atoms with van der Waals surface area (Å²) in [6.45, 7) is 3.59. The molecule has 0 spiro atoms. The number of pyridine rings is 1. The highest BCUT2D eigenvalue weighted by Gasteiger charge is 2.30. The first-order valence-corrected chi connectivity index (χ1v) is 12.5. The van der Waals surface area contributed by atoms with Crippen LogP contribution in [-0.4, -0.2) is 41.7 Å². The van der Waals surface area contributed by atoms with E-state index in [-0.39, 0.29) is 24.3 Å². The van der Waals surface area contributed by atoms with E-state index in [4.69, 9.17) is 14.2 Å². The van der Waals surface area contributed by atoms with Crippen molar-refractivity contribution in [2.45, 2.75) is 26.3 Å². The van der Waals surface area contributed by atoms with E-state index in [1.165, 1.54) is 11.0 Å². The molecule has 35 heavy (non-hydrogen) atoms. The molecule has 0 unspecified atom stereocenters. The van der Waals surface area contributed by atoms with Crippen LogP contribution in [0.3, 0.4) is 0 Å². The summed E-state index contributed by atoms with van der Waals surface area (Å²) in [5, 5.41) is 7.91. The van der Waals surface area contributed by atoms with E-state index in [2.05, 4.69) is 28.7 Å². The van der Waals surface area contributed by atoms with Gasteiger partial charge in [-0.05, 0) is 49.4 Å². The molecular formula is C26H26N4O4S. The molecule has 1 saturated heterocycles. The number of aromatic nitrogens is 2. The van der Waals surface area contributed by atoms with Gasteiger partial charge in [-0.25, -0.2) is 4.98 Å². The van der Waals surface area contributed by atoms with Crippen LogP contribution in [0.2, 0.25) is 0 Å². The van der Waals surface area contributed by atoms with Crippen LogP contribution in [0.4, 0.5) is 5.82 Å². The number of piperidine rings is 1. The van der Waals surface area contributed by atoms with Crippen LogP contribution in [0.5, 0.6) is 0 Å². The van der Waals surface area contributed by atoms with Crippen molar-refractivity contribution in [1.29, 1.82) is 0 Å². The molecule has 1 atom stereocenters. The number of nitrogens with one attached hydrogen (secondary N) is 1. The number of carbonyl (C=O) groups is 2. The van der Waals surface area contributed by atoms with E-state index in [1.807, 2.05) is 36.1 Å². The van der Waals surface area contributed by atoms with E-state index >= 15 is 0 Å². The minimum atomic E-state index is -0.253. The molecule has 0 radical (unpaired) electrons. The third kappa shape index (κ3) is 5.05. The predicted octanol–water partition coefficient (Wildman–Crippen LogP) is 4.66. The van der Waals surface area contributed by atoms with Gasteiger partial charge in [-0.3, -0.25) is 9.59 Å². The van der Waals surface area contributed by atoms with Crippen LogP contribution in [0.1, 0.15) is 35.8 Å². The fourth-order valence-corrected chi connectivity index (χ4v) is 5.36. The number of hydrogen-bond donors (Lipinski definition) is 1. The number of amides is 1. The van der Waals surface area contributed by atoms with E-state index in [9.17, 15) is 9.59 Å². The highest BCUT2D eigenvalue weighted by atomic mass is 32.1. The van der Waals surface area contributed by atoms with E-state index < -0.39 is 0 Å². The lowest BCUT2D eigenvalue weighted by Crippen LogP contribution is -2.41. The first kappa shape index (κ1) is 23.0. The molecule has 1 fully saturated rings. The fraction of sp³-hybridized carbons (Fsp3) is 0.308. The fourth-order valence-electron chi connectivity index (χ4n) is 4.33. The standard InChI is InChI=1S/C26H26N4O4S/c1-2-33-26(32)18-7-5-12-30(16-18)24-20(25(31)27-15-19-11-13-34-29-19)9-10-21(28-24)23-14-17-6-3-4-8-22(17)35-23/h3-4,6,8-11,13-14,18H,2,5,7,12,15-16H2,1H3,(H,27,31)/t18-/m0/s1. The molecular weight excluding hydrogens is 464 g/mol. The number of hydrogen-bond acceptors (Lipinski definition) is 8. The summed E-state index contributed by atoms with van der Waals surface area (Å²) >= 11 is 1.67. The summed E-state index contributed by atoms with van der Waals surface area (Å²) in [4.78, 5) is 33.7. The summed E-state index contributed by atoms with van der Waals surface area (Å²) in [7, 11) is 0. The van der Waals surface area contributed by atoms with Crippen LogP contribution in [0.15, 0.2) is 59.3 Å². The van der Waals surface area contributed by atoms with Gasteiger partial charge in [-0.15, -0.1) is 11.3 Å². The topological polar surface area (TPSA) is 97.6 Å². The minimum Gasteiger partial charge on any atom is -0.466 e. The Balaban J connectivity index is 1.48. The van der Waals surface area contributed by atoms with Crippen molar-refractivity contribution in [3.63, 3.8) is 0 Å². The molecule has 4 heterocycles. The van der Waals surface area contributed by atoms with Crippen LogP contribution >= 0.6 is 11.3 Å². The molecule has 4 aromatic rings. The summed E-state index contributed by atoms with van der Waals surface area (Å²) < 4.78 is 11.3. The number of benzene rings is 1. The molecule has 8 nitrogen and oxygen atoms in total. The van der Waals surface area contributed by atoms with Gasteiger partial charge in [0.15, 0.2) is 0 Å². The number of carbonyl (C=O) groups excluding carboxylic acids is 2. The lowest BCUT2D eigenvalue weighted by Gasteiger charge is -2.33. The van der Waals surface area contributed by atoms with Crippen molar-refractivity contribution in [2.24, 2.45) is 5.92 Å². The van der Waals surface area contributed by atoms with E-state index in [1.54, 1.807) is 17.4 Å². The molecule has 3 aromatic heterocycles. The Morgan fingerprint density at radius 3 is 2.91 bits per heavy atom. The first-order chi connectivity index (χ1) is 17.1. The number of fused-ring (bicyclic) bond motifs is 1. The second-order valence-electron chi connectivity index (χ2n) is 8.43. The van der Waals surface area contributed by atoms with Gasteiger partial charge in [0.1, 0.15) is 17.8 Å². The van der Waals surface area contributed by atoms with Crippen molar-refractivity contribution in [1.82, 2.24) is 15.5 Å². The Bertz CT molecular complexity index is 1300. The number of ether oxygens (including phenoxy) is 1. The van der Waals surface area contributed by atoms with Crippen molar-refractivity contribution in [3.05, 3.63) is 66.1 Å². The number of esters is 1. The van der Waals surface area contributed by atoms with Crippen LogP contribution in [-0.2, 0) is 16.1 Å². The van der Waals surface area contributed by atoms with Gasteiger partial charge in [-0.1, -0.05) is 23.4 Å². The Hall–Kier alpha value is -3.72. The molecule has 0 aliphatic carbocycles. The highest BCUT2D eigenvalue weighted by molar-refractivity contribution is 7.22.